The molecule has 0 aromatic rings. The number of alkyl halides is 2. The van der Waals surface area contributed by atoms with E-state index in [2.05, 4.69) is 48.7 Å². The van der Waals surface area contributed by atoms with Crippen molar-refractivity contribution in [2.75, 3.05) is 6.67 Å². The van der Waals surface area contributed by atoms with Gasteiger partial charge in [0.25, 0.3) is 0 Å². The predicted octanol–water partition coefficient (Wildman–Crippen LogP) is 2.99. The zero-order chi connectivity index (χ0) is 9.72. The highest BCUT2D eigenvalue weighted by atomic mass is 127. The van der Waals surface area contributed by atoms with Crippen LogP contribution in [0, 0.1) is 11.8 Å². The first-order valence-electron chi connectivity index (χ1n) is 4.45. The molecular formula is C9H19FIN. The van der Waals surface area contributed by atoms with Gasteiger partial charge in [-0.2, -0.15) is 0 Å². The summed E-state index contributed by atoms with van der Waals surface area (Å²) in [5.41, 5.74) is 0. The number of hydrogen-bond acceptors (Lipinski definition) is 1. The molecule has 0 amide bonds. The topological polar surface area (TPSA) is 12.0 Å². The van der Waals surface area contributed by atoms with Gasteiger partial charge in [-0.05, 0) is 25.7 Å². The van der Waals surface area contributed by atoms with Crippen molar-refractivity contribution in [1.82, 2.24) is 5.32 Å². The highest BCUT2D eigenvalue weighted by molar-refractivity contribution is 14.1. The quantitative estimate of drug-likeness (QED) is 0.465. The highest BCUT2D eigenvalue weighted by Gasteiger charge is 2.19. The van der Waals surface area contributed by atoms with Gasteiger partial charge in [-0.15, -0.1) is 0 Å². The highest BCUT2D eigenvalue weighted by Crippen LogP contribution is 2.16. The van der Waals surface area contributed by atoms with Crippen LogP contribution in [0.25, 0.3) is 0 Å². The largest absolute Gasteiger partial charge is 0.303 e. The zero-order valence-electron chi connectivity index (χ0n) is 8.27. The van der Waals surface area contributed by atoms with Crippen LogP contribution in [-0.4, -0.2) is 16.8 Å². The standard InChI is InChI=1S/C9H19FIN/c1-6(5-10)7(2)8(3)12-9(4)11/h6-9,12H,5H2,1-4H3/t6-,7?,8+,9?/m0/s1. The molecule has 0 aromatic carbocycles. The van der Waals surface area contributed by atoms with Crippen LogP contribution in [0.3, 0.4) is 0 Å². The summed E-state index contributed by atoms with van der Waals surface area (Å²) in [5, 5.41) is 3.38. The van der Waals surface area contributed by atoms with Crippen molar-refractivity contribution in [2.24, 2.45) is 11.8 Å². The fraction of sp³-hybridized carbons (Fsp3) is 1.00. The predicted molar refractivity (Wildman–Crippen MR) is 60.4 cm³/mol. The molecule has 0 aliphatic heterocycles. The maximum absolute atomic E-state index is 12.3. The van der Waals surface area contributed by atoms with Crippen LogP contribution in [0.1, 0.15) is 27.7 Å². The Kier molecular flexibility index (Phi) is 6.45. The van der Waals surface area contributed by atoms with Crippen LogP contribution in [0.2, 0.25) is 0 Å². The van der Waals surface area contributed by atoms with E-state index in [0.717, 1.165) is 0 Å². The smallest absolute Gasteiger partial charge is 0.0923 e. The lowest BCUT2D eigenvalue weighted by Crippen LogP contribution is -2.38. The Balaban J connectivity index is 3.83. The lowest BCUT2D eigenvalue weighted by Gasteiger charge is -2.26. The van der Waals surface area contributed by atoms with Gasteiger partial charge in [0, 0.05) is 6.04 Å². The summed E-state index contributed by atoms with van der Waals surface area (Å²) in [6.45, 7) is 8.06. The Bertz CT molecular complexity index is 119. The number of hydrogen-bond donors (Lipinski definition) is 1. The minimum absolute atomic E-state index is 0.155. The van der Waals surface area contributed by atoms with E-state index in [1.54, 1.807) is 0 Å². The van der Waals surface area contributed by atoms with Crippen molar-refractivity contribution in [3.8, 4) is 0 Å². The van der Waals surface area contributed by atoms with Crippen LogP contribution in [-0.2, 0) is 0 Å². The summed E-state index contributed by atoms with van der Waals surface area (Å²) in [6.07, 6.45) is 0. The van der Waals surface area contributed by atoms with Gasteiger partial charge >= 0.3 is 0 Å². The monoisotopic (exact) mass is 287 g/mol. The molecule has 1 N–H and O–H groups in total. The van der Waals surface area contributed by atoms with Gasteiger partial charge in [0.1, 0.15) is 0 Å². The van der Waals surface area contributed by atoms with E-state index in [9.17, 15) is 4.39 Å². The minimum atomic E-state index is -0.219. The lowest BCUT2D eigenvalue weighted by molar-refractivity contribution is 0.247. The molecule has 12 heavy (non-hydrogen) atoms. The molecule has 0 aliphatic carbocycles. The fourth-order valence-electron chi connectivity index (χ4n) is 1.15. The summed E-state index contributed by atoms with van der Waals surface area (Å²) in [5.74, 6) is 0.551. The van der Waals surface area contributed by atoms with Crippen molar-refractivity contribution >= 4 is 22.6 Å². The molecule has 0 fully saturated rings. The first-order chi connectivity index (χ1) is 5.49. The molecule has 0 saturated heterocycles. The number of rotatable bonds is 5. The number of nitrogens with one attached hydrogen (secondary N) is 1. The average molecular weight is 287 g/mol. The van der Waals surface area contributed by atoms with E-state index in [4.69, 9.17) is 0 Å². The van der Waals surface area contributed by atoms with Gasteiger partial charge in [0.15, 0.2) is 0 Å². The van der Waals surface area contributed by atoms with Gasteiger partial charge in [-0.1, -0.05) is 36.4 Å². The average Bonchev–Trinajstić information content (AvgIpc) is 2.00. The van der Waals surface area contributed by atoms with Crippen molar-refractivity contribution in [3.63, 3.8) is 0 Å². The molecule has 0 bridgehead atoms. The first-order valence-corrected chi connectivity index (χ1v) is 5.69. The third kappa shape index (κ3) is 4.60. The summed E-state index contributed by atoms with van der Waals surface area (Å²) >= 11 is 2.32. The molecule has 0 heterocycles. The zero-order valence-corrected chi connectivity index (χ0v) is 10.4. The van der Waals surface area contributed by atoms with Crippen molar-refractivity contribution in [1.29, 1.82) is 0 Å². The lowest BCUT2D eigenvalue weighted by atomic mass is 9.91. The maximum Gasteiger partial charge on any atom is 0.0923 e. The fourth-order valence-corrected chi connectivity index (χ4v) is 1.71. The number of halogens is 2. The van der Waals surface area contributed by atoms with Gasteiger partial charge in [0.2, 0.25) is 0 Å². The molecule has 0 aliphatic rings. The minimum Gasteiger partial charge on any atom is -0.303 e. The Morgan fingerprint density at radius 3 is 2.08 bits per heavy atom. The third-order valence-corrected chi connectivity index (χ3v) is 2.78. The van der Waals surface area contributed by atoms with E-state index >= 15 is 0 Å². The second-order valence-electron chi connectivity index (χ2n) is 3.56. The van der Waals surface area contributed by atoms with E-state index in [1.807, 2.05) is 6.92 Å². The van der Waals surface area contributed by atoms with Gasteiger partial charge < -0.3 is 5.32 Å². The first kappa shape index (κ1) is 12.6. The Morgan fingerprint density at radius 2 is 1.75 bits per heavy atom. The molecule has 0 radical (unpaired) electrons. The molecule has 0 aromatic heterocycles. The Morgan fingerprint density at radius 1 is 1.25 bits per heavy atom. The summed E-state index contributed by atoms with van der Waals surface area (Å²) in [4.78, 5) is 0. The molecule has 1 nitrogen and oxygen atoms in total. The summed E-state index contributed by atoms with van der Waals surface area (Å²) < 4.78 is 12.8. The van der Waals surface area contributed by atoms with Gasteiger partial charge in [-0.25, -0.2) is 0 Å². The molecule has 2 unspecified atom stereocenters. The van der Waals surface area contributed by atoms with E-state index in [1.165, 1.54) is 0 Å². The van der Waals surface area contributed by atoms with Gasteiger partial charge in [0.05, 0.1) is 10.7 Å². The molecule has 74 valence electrons. The van der Waals surface area contributed by atoms with E-state index in [-0.39, 0.29) is 12.6 Å². The normalized spacial score (nSPS) is 21.5. The van der Waals surface area contributed by atoms with Crippen LogP contribution in [0.5, 0.6) is 0 Å². The van der Waals surface area contributed by atoms with Crippen LogP contribution < -0.4 is 5.32 Å². The molecule has 4 atom stereocenters. The summed E-state index contributed by atoms with van der Waals surface area (Å²) in [7, 11) is 0. The molecule has 0 spiro atoms. The van der Waals surface area contributed by atoms with Crippen molar-refractivity contribution in [3.05, 3.63) is 0 Å². The SMILES string of the molecule is CC(I)N[C@H](C)C(C)[C@@H](C)CF. The van der Waals surface area contributed by atoms with Gasteiger partial charge in [-0.3, -0.25) is 4.39 Å². The van der Waals surface area contributed by atoms with Crippen LogP contribution >= 0.6 is 22.6 Å². The van der Waals surface area contributed by atoms with E-state index in [0.29, 0.717) is 16.0 Å². The Labute approximate surface area is 88.6 Å². The van der Waals surface area contributed by atoms with Crippen molar-refractivity contribution < 1.29 is 4.39 Å². The molecule has 3 heteroatoms. The molecule has 0 saturated carbocycles. The maximum atomic E-state index is 12.3. The van der Waals surface area contributed by atoms with E-state index < -0.39 is 0 Å². The second-order valence-corrected chi connectivity index (χ2v) is 5.43. The van der Waals surface area contributed by atoms with Crippen LogP contribution in [0.15, 0.2) is 0 Å². The molecule has 0 rings (SSSR count). The van der Waals surface area contributed by atoms with Crippen LogP contribution in [0.4, 0.5) is 4.39 Å². The molecular weight excluding hydrogens is 268 g/mol. The second kappa shape index (κ2) is 6.13. The third-order valence-electron chi connectivity index (χ3n) is 2.42. The van der Waals surface area contributed by atoms with Crippen molar-refractivity contribution in [2.45, 2.75) is 37.8 Å². The summed E-state index contributed by atoms with van der Waals surface area (Å²) in [6, 6.07) is 0.391. The Hall–Kier alpha value is 0.620.